The van der Waals surface area contributed by atoms with Gasteiger partial charge in [-0.2, -0.15) is 0 Å². The number of aliphatic hydroxyl groups is 1. The van der Waals surface area contributed by atoms with Crippen LogP contribution in [-0.2, 0) is 34.5 Å². The van der Waals surface area contributed by atoms with Gasteiger partial charge >= 0.3 is 13.7 Å². The first-order chi connectivity index (χ1) is 19.7. The second kappa shape index (κ2) is 16.1. The minimum Gasteiger partial charge on any atom is -0.491 e. The summed E-state index contributed by atoms with van der Waals surface area (Å²) in [6.45, 7) is 4.24. The molecule has 1 aliphatic heterocycles. The Hall–Kier alpha value is -2.66. The maximum Gasteiger partial charge on any atom is 0.405 e. The van der Waals surface area contributed by atoms with E-state index in [0.29, 0.717) is 19.7 Å². The largest absolute Gasteiger partial charge is 0.491 e. The fraction of sp³-hybridized carbons (Fsp3) is 0.679. The molecule has 12 nitrogen and oxygen atoms in total. The molecule has 1 aromatic rings. The van der Waals surface area contributed by atoms with Gasteiger partial charge in [0.2, 0.25) is 5.91 Å². The molecule has 0 radical (unpaired) electrons. The Kier molecular flexibility index (Phi) is 12.9. The van der Waals surface area contributed by atoms with E-state index >= 15 is 0 Å². The van der Waals surface area contributed by atoms with E-state index in [1.54, 1.807) is 18.7 Å². The lowest BCUT2D eigenvalue weighted by Gasteiger charge is -2.31. The molecule has 3 unspecified atom stereocenters. The molecule has 1 aromatic carbocycles. The number of carbonyl (C=O) groups excluding carboxylic acids is 3. The molecule has 1 fully saturated rings. The number of primary amides is 1. The molecule has 0 saturated heterocycles. The van der Waals surface area contributed by atoms with E-state index in [1.165, 1.54) is 0 Å². The van der Waals surface area contributed by atoms with Crippen LogP contribution in [0, 0.1) is 5.92 Å². The first-order valence-corrected chi connectivity index (χ1v) is 16.1. The number of nitrogens with one attached hydrogen (secondary N) is 1. The second-order valence-electron chi connectivity index (χ2n) is 10.4. The number of aliphatic hydroxyl groups excluding tert-OH is 1. The topological polar surface area (TPSA) is 167 Å². The number of nitrogens with two attached hydrogens (primary N) is 1. The van der Waals surface area contributed by atoms with Gasteiger partial charge in [0.15, 0.2) is 11.9 Å². The van der Waals surface area contributed by atoms with Gasteiger partial charge in [-0.1, -0.05) is 50.3 Å². The molecule has 230 valence electrons. The number of fused-ring (bicyclic) bond motifs is 1. The Morgan fingerprint density at radius 2 is 1.83 bits per heavy atom. The molecule has 3 amide bonds. The summed E-state index contributed by atoms with van der Waals surface area (Å²) in [5.41, 5.74) is 6.14. The number of ether oxygens (including phenoxy) is 2. The van der Waals surface area contributed by atoms with Gasteiger partial charge in [-0.25, -0.2) is 4.79 Å². The van der Waals surface area contributed by atoms with Gasteiger partial charge in [0.05, 0.1) is 25.8 Å². The molecule has 2 aliphatic rings. The molecule has 1 heterocycles. The second-order valence-corrected chi connectivity index (χ2v) is 12.5. The van der Waals surface area contributed by atoms with Crippen LogP contribution in [0.2, 0.25) is 0 Å². The highest BCUT2D eigenvalue weighted by Gasteiger charge is 2.42. The van der Waals surface area contributed by atoms with Gasteiger partial charge in [-0.15, -0.1) is 0 Å². The molecule has 41 heavy (non-hydrogen) atoms. The highest BCUT2D eigenvalue weighted by Crippen LogP contribution is 2.53. The number of hydrogen-bond donors (Lipinski definition) is 3. The third-order valence-electron chi connectivity index (χ3n) is 7.43. The van der Waals surface area contributed by atoms with Crippen LogP contribution in [-0.4, -0.2) is 72.3 Å². The van der Waals surface area contributed by atoms with Crippen molar-refractivity contribution >= 4 is 25.5 Å². The maximum atomic E-state index is 13.5. The summed E-state index contributed by atoms with van der Waals surface area (Å²) in [6, 6.07) is 6.27. The van der Waals surface area contributed by atoms with Crippen molar-refractivity contribution in [2.45, 2.75) is 89.7 Å². The smallest absolute Gasteiger partial charge is 0.405 e. The number of rotatable bonds is 14. The van der Waals surface area contributed by atoms with Gasteiger partial charge in [0, 0.05) is 18.5 Å². The summed E-state index contributed by atoms with van der Waals surface area (Å²) in [5.74, 6) is -1.80. The molecule has 1 aliphatic carbocycles. The van der Waals surface area contributed by atoms with Crippen LogP contribution in [0.25, 0.3) is 0 Å². The van der Waals surface area contributed by atoms with E-state index in [9.17, 15) is 24.1 Å². The van der Waals surface area contributed by atoms with Crippen molar-refractivity contribution in [1.82, 2.24) is 10.2 Å². The van der Waals surface area contributed by atoms with Crippen molar-refractivity contribution in [3.05, 3.63) is 29.8 Å². The molecule has 0 spiro atoms. The van der Waals surface area contributed by atoms with Gasteiger partial charge in [0.1, 0.15) is 12.4 Å². The monoisotopic (exact) mass is 597 g/mol. The van der Waals surface area contributed by atoms with Gasteiger partial charge in [-0.3, -0.25) is 14.2 Å². The maximum absolute atomic E-state index is 13.5. The van der Waals surface area contributed by atoms with Gasteiger partial charge in [-0.05, 0) is 38.7 Å². The molecule has 0 bridgehead atoms. The Morgan fingerprint density at radius 3 is 2.49 bits per heavy atom. The van der Waals surface area contributed by atoms with Crippen molar-refractivity contribution in [3.63, 3.8) is 0 Å². The Balaban J connectivity index is 1.76. The van der Waals surface area contributed by atoms with Crippen molar-refractivity contribution < 1.29 is 42.6 Å². The number of nitrogens with zero attached hydrogens (tertiary/aromatic N) is 1. The quantitative estimate of drug-likeness (QED) is 0.271. The average molecular weight is 598 g/mol. The lowest BCUT2D eigenvalue weighted by atomic mass is 9.85. The summed E-state index contributed by atoms with van der Waals surface area (Å²) < 4.78 is 35.1. The lowest BCUT2D eigenvalue weighted by molar-refractivity contribution is -0.134. The Labute approximate surface area is 241 Å². The van der Waals surface area contributed by atoms with Gasteiger partial charge in [0.25, 0.3) is 5.91 Å². The molecule has 0 aromatic heterocycles. The molecule has 3 atom stereocenters. The standard InChI is InChI=1S/C28H44N3O9P/c1-3-38-41(36,39-4-2)27(34)22(30-26(33)24(40-28(29)35)18-20-10-6-5-7-11-20)14-15-25(32)31-16-17-37-23-13-9-8-12-21(23)19-31/h8-9,12-13,20,22,24,27,34H,3-7,10-11,14-19H2,1-2H3,(H2,29,35)(H,30,33). The normalized spacial score (nSPS) is 18.3. The minimum absolute atomic E-state index is 0.00376. The summed E-state index contributed by atoms with van der Waals surface area (Å²) >= 11 is 0. The van der Waals surface area contributed by atoms with Crippen LogP contribution in [0.4, 0.5) is 4.79 Å². The summed E-state index contributed by atoms with van der Waals surface area (Å²) in [4.78, 5) is 40.0. The van der Waals surface area contributed by atoms with Crippen molar-refractivity contribution in [2.24, 2.45) is 11.7 Å². The molecular formula is C28H44N3O9P. The minimum atomic E-state index is -4.09. The fourth-order valence-electron chi connectivity index (χ4n) is 5.39. The molecule has 1 saturated carbocycles. The molecule has 13 heteroatoms. The zero-order chi connectivity index (χ0) is 29.8. The summed E-state index contributed by atoms with van der Waals surface area (Å²) in [6.07, 6.45) is 2.81. The number of carbonyl (C=O) groups is 3. The number of hydrogen-bond acceptors (Lipinski definition) is 9. The lowest BCUT2D eigenvalue weighted by Crippen LogP contribution is -2.49. The number of benzene rings is 1. The summed E-state index contributed by atoms with van der Waals surface area (Å²) in [7, 11) is -4.09. The van der Waals surface area contributed by atoms with E-state index in [2.05, 4.69) is 5.32 Å². The average Bonchev–Trinajstić information content (AvgIpc) is 3.17. The number of para-hydroxylation sites is 1. The highest BCUT2D eigenvalue weighted by molar-refractivity contribution is 7.54. The first kappa shape index (κ1) is 32.8. The highest BCUT2D eigenvalue weighted by atomic mass is 31.2. The van der Waals surface area contributed by atoms with Crippen molar-refractivity contribution in [1.29, 1.82) is 0 Å². The third-order valence-corrected chi connectivity index (χ3v) is 9.67. The van der Waals surface area contributed by atoms with Crippen LogP contribution in [0.3, 0.4) is 0 Å². The first-order valence-electron chi connectivity index (χ1n) is 14.5. The van der Waals surface area contributed by atoms with E-state index in [1.807, 2.05) is 24.3 Å². The molecule has 3 rings (SSSR count). The van der Waals surface area contributed by atoms with E-state index in [0.717, 1.165) is 43.4 Å². The van der Waals surface area contributed by atoms with Crippen LogP contribution in [0.5, 0.6) is 5.75 Å². The predicted molar refractivity (Wildman–Crippen MR) is 151 cm³/mol. The Bertz CT molecular complexity index is 1060. The van der Waals surface area contributed by atoms with E-state index in [-0.39, 0.29) is 44.3 Å². The SMILES string of the molecule is CCOP(=O)(OCC)C(O)C(CCC(=O)N1CCOc2ccccc2C1)NC(=O)C(CC1CCCCC1)OC(N)=O. The molecular weight excluding hydrogens is 553 g/mol. The van der Waals surface area contributed by atoms with Crippen LogP contribution in [0.1, 0.15) is 70.8 Å². The van der Waals surface area contributed by atoms with Crippen LogP contribution < -0.4 is 15.8 Å². The zero-order valence-electron chi connectivity index (χ0n) is 24.0. The van der Waals surface area contributed by atoms with Crippen molar-refractivity contribution in [2.75, 3.05) is 26.4 Å². The zero-order valence-corrected chi connectivity index (χ0v) is 24.9. The van der Waals surface area contributed by atoms with Crippen molar-refractivity contribution in [3.8, 4) is 5.75 Å². The van der Waals surface area contributed by atoms with E-state index < -0.39 is 37.6 Å². The van der Waals surface area contributed by atoms with Crippen LogP contribution in [0.15, 0.2) is 24.3 Å². The summed E-state index contributed by atoms with van der Waals surface area (Å²) in [5, 5.41) is 13.9. The van der Waals surface area contributed by atoms with Gasteiger partial charge < -0.3 is 39.6 Å². The third kappa shape index (κ3) is 9.70. The number of amides is 3. The van der Waals surface area contributed by atoms with E-state index in [4.69, 9.17) is 24.3 Å². The Morgan fingerprint density at radius 1 is 1.15 bits per heavy atom. The predicted octanol–water partition coefficient (Wildman–Crippen LogP) is 3.69. The fourth-order valence-corrected chi connectivity index (χ4v) is 7.16. The van der Waals surface area contributed by atoms with Crippen LogP contribution >= 0.6 is 7.60 Å². The molecule has 4 N–H and O–H groups in total.